The highest BCUT2D eigenvalue weighted by Gasteiger charge is 2.20. The van der Waals surface area contributed by atoms with Crippen LogP contribution in [0.1, 0.15) is 29.6 Å². The van der Waals surface area contributed by atoms with Crippen LogP contribution in [-0.2, 0) is 4.74 Å². The third-order valence-electron chi connectivity index (χ3n) is 2.96. The molecular weight excluding hydrogens is 223 g/mol. The van der Waals surface area contributed by atoms with Crippen LogP contribution in [-0.4, -0.2) is 25.6 Å². The first kappa shape index (κ1) is 12.0. The van der Waals surface area contributed by atoms with Gasteiger partial charge in [0, 0.05) is 0 Å². The molecule has 0 spiro atoms. The summed E-state index contributed by atoms with van der Waals surface area (Å²) in [7, 11) is 1.46. The summed E-state index contributed by atoms with van der Waals surface area (Å²) in [5, 5.41) is 0. The molecule has 0 N–H and O–H groups in total. The molecule has 0 saturated heterocycles. The van der Waals surface area contributed by atoms with Gasteiger partial charge in [-0.3, -0.25) is 4.79 Å². The zero-order valence-corrected chi connectivity index (χ0v) is 9.74. The van der Waals surface area contributed by atoms with E-state index in [9.17, 15) is 9.18 Å². The maximum atomic E-state index is 13.1. The van der Waals surface area contributed by atoms with Gasteiger partial charge in [-0.1, -0.05) is 0 Å². The molecule has 0 unspecified atom stereocenters. The van der Waals surface area contributed by atoms with Gasteiger partial charge in [0.15, 0.2) is 5.78 Å². The van der Waals surface area contributed by atoms with Crippen LogP contribution in [0.4, 0.5) is 4.39 Å². The lowest BCUT2D eigenvalue weighted by Crippen LogP contribution is -2.25. The predicted molar refractivity (Wildman–Crippen MR) is 60.9 cm³/mol. The lowest BCUT2D eigenvalue weighted by molar-refractivity contribution is 0.00720. The molecule has 2 rings (SSSR count). The van der Waals surface area contributed by atoms with Gasteiger partial charge in [0.05, 0.1) is 18.8 Å². The van der Waals surface area contributed by atoms with Crippen molar-refractivity contribution in [1.29, 1.82) is 0 Å². The van der Waals surface area contributed by atoms with Gasteiger partial charge in [0.25, 0.3) is 0 Å². The molecule has 92 valence electrons. The number of rotatable bonds is 5. The van der Waals surface area contributed by atoms with E-state index in [4.69, 9.17) is 9.47 Å². The highest BCUT2D eigenvalue weighted by molar-refractivity contribution is 5.99. The van der Waals surface area contributed by atoms with Crippen LogP contribution in [0, 0.1) is 5.82 Å². The highest BCUT2D eigenvalue weighted by atomic mass is 19.1. The molecule has 0 amide bonds. The fourth-order valence-corrected chi connectivity index (χ4v) is 1.71. The third-order valence-corrected chi connectivity index (χ3v) is 2.96. The van der Waals surface area contributed by atoms with Crippen molar-refractivity contribution in [2.45, 2.75) is 25.4 Å². The van der Waals surface area contributed by atoms with Gasteiger partial charge in [0.1, 0.15) is 18.2 Å². The Morgan fingerprint density at radius 1 is 1.47 bits per heavy atom. The second kappa shape index (κ2) is 5.27. The van der Waals surface area contributed by atoms with E-state index in [0.29, 0.717) is 5.75 Å². The van der Waals surface area contributed by atoms with Gasteiger partial charge in [0.2, 0.25) is 0 Å². The molecule has 3 nitrogen and oxygen atoms in total. The SMILES string of the molecule is COc1ccc(F)cc1C(=O)COC1CCC1. The summed E-state index contributed by atoms with van der Waals surface area (Å²) in [4.78, 5) is 11.8. The number of hydrogen-bond acceptors (Lipinski definition) is 3. The quantitative estimate of drug-likeness (QED) is 0.740. The minimum atomic E-state index is -0.446. The summed E-state index contributed by atoms with van der Waals surface area (Å²) in [6.45, 7) is -0.00944. The Balaban J connectivity index is 2.03. The van der Waals surface area contributed by atoms with Crippen LogP contribution in [0.25, 0.3) is 0 Å². The molecule has 1 saturated carbocycles. The number of carbonyl (C=O) groups excluding carboxylic acids is 1. The van der Waals surface area contributed by atoms with Crippen molar-refractivity contribution in [2.75, 3.05) is 13.7 Å². The molecule has 0 bridgehead atoms. The minimum Gasteiger partial charge on any atom is -0.496 e. The fraction of sp³-hybridized carbons (Fsp3) is 0.462. The van der Waals surface area contributed by atoms with E-state index in [2.05, 4.69) is 0 Å². The number of ketones is 1. The van der Waals surface area contributed by atoms with Crippen molar-refractivity contribution in [3.8, 4) is 5.75 Å². The molecule has 4 heteroatoms. The largest absolute Gasteiger partial charge is 0.496 e. The van der Waals surface area contributed by atoms with E-state index in [1.54, 1.807) is 0 Å². The van der Waals surface area contributed by atoms with Crippen molar-refractivity contribution in [3.63, 3.8) is 0 Å². The summed E-state index contributed by atoms with van der Waals surface area (Å²) >= 11 is 0. The Kier molecular flexibility index (Phi) is 3.74. The summed E-state index contributed by atoms with van der Waals surface area (Å²) in [6, 6.07) is 3.90. The second-order valence-electron chi connectivity index (χ2n) is 4.13. The van der Waals surface area contributed by atoms with E-state index in [1.165, 1.54) is 25.3 Å². The monoisotopic (exact) mass is 238 g/mol. The molecule has 1 aromatic rings. The zero-order chi connectivity index (χ0) is 12.3. The minimum absolute atomic E-state index is 0.00944. The van der Waals surface area contributed by atoms with Crippen LogP contribution in [0.3, 0.4) is 0 Å². The Morgan fingerprint density at radius 2 is 2.24 bits per heavy atom. The summed E-state index contributed by atoms with van der Waals surface area (Å²) < 4.78 is 23.5. The number of ether oxygens (including phenoxy) is 2. The van der Waals surface area contributed by atoms with Crippen molar-refractivity contribution < 1.29 is 18.7 Å². The van der Waals surface area contributed by atoms with Crippen LogP contribution >= 0.6 is 0 Å². The Hall–Kier alpha value is -1.42. The van der Waals surface area contributed by atoms with E-state index in [1.807, 2.05) is 0 Å². The lowest BCUT2D eigenvalue weighted by atomic mass is 9.96. The van der Waals surface area contributed by atoms with Crippen molar-refractivity contribution in [3.05, 3.63) is 29.6 Å². The zero-order valence-electron chi connectivity index (χ0n) is 9.74. The number of Topliss-reactive ketones (excluding diaryl/α,β-unsaturated/α-hetero) is 1. The number of halogens is 1. The first-order valence-corrected chi connectivity index (χ1v) is 5.69. The Bertz CT molecular complexity index is 413. The van der Waals surface area contributed by atoms with Crippen LogP contribution < -0.4 is 4.74 Å². The summed E-state index contributed by atoms with van der Waals surface area (Å²) in [6.07, 6.45) is 3.36. The van der Waals surface area contributed by atoms with Gasteiger partial charge in [-0.2, -0.15) is 0 Å². The topological polar surface area (TPSA) is 35.5 Å². The summed E-state index contributed by atoms with van der Waals surface area (Å²) in [5.41, 5.74) is 0.242. The Morgan fingerprint density at radius 3 is 2.82 bits per heavy atom. The molecule has 1 aliphatic rings. The fourth-order valence-electron chi connectivity index (χ4n) is 1.71. The van der Waals surface area contributed by atoms with E-state index in [-0.39, 0.29) is 24.1 Å². The first-order chi connectivity index (χ1) is 8.20. The average Bonchev–Trinajstić information content (AvgIpc) is 2.26. The third kappa shape index (κ3) is 2.82. The maximum Gasteiger partial charge on any atom is 0.192 e. The molecule has 0 aliphatic heterocycles. The smallest absolute Gasteiger partial charge is 0.192 e. The molecular formula is C13H15FO3. The standard InChI is InChI=1S/C13H15FO3/c1-16-13-6-5-9(14)7-11(13)12(15)8-17-10-3-2-4-10/h5-7,10H,2-4,8H2,1H3. The van der Waals surface area contributed by atoms with Gasteiger partial charge in [-0.05, 0) is 37.5 Å². The van der Waals surface area contributed by atoms with Gasteiger partial charge in [-0.15, -0.1) is 0 Å². The van der Waals surface area contributed by atoms with E-state index < -0.39 is 5.82 Å². The van der Waals surface area contributed by atoms with Gasteiger partial charge >= 0.3 is 0 Å². The highest BCUT2D eigenvalue weighted by Crippen LogP contribution is 2.24. The Labute approximate surface area is 99.5 Å². The molecule has 0 atom stereocenters. The average molecular weight is 238 g/mol. The van der Waals surface area contributed by atoms with Crippen LogP contribution in [0.15, 0.2) is 18.2 Å². The van der Waals surface area contributed by atoms with E-state index >= 15 is 0 Å². The predicted octanol–water partition coefficient (Wildman–Crippen LogP) is 2.59. The van der Waals surface area contributed by atoms with Gasteiger partial charge < -0.3 is 9.47 Å². The van der Waals surface area contributed by atoms with Crippen LogP contribution in [0.2, 0.25) is 0 Å². The number of methoxy groups -OCH3 is 1. The molecule has 0 radical (unpaired) electrons. The lowest BCUT2D eigenvalue weighted by Gasteiger charge is -2.25. The molecule has 0 aromatic heterocycles. The van der Waals surface area contributed by atoms with Crippen molar-refractivity contribution in [1.82, 2.24) is 0 Å². The molecule has 1 aromatic carbocycles. The van der Waals surface area contributed by atoms with Crippen LogP contribution in [0.5, 0.6) is 5.75 Å². The molecule has 1 fully saturated rings. The maximum absolute atomic E-state index is 13.1. The molecule has 17 heavy (non-hydrogen) atoms. The second-order valence-corrected chi connectivity index (χ2v) is 4.13. The molecule has 0 heterocycles. The number of benzene rings is 1. The molecule has 1 aliphatic carbocycles. The van der Waals surface area contributed by atoms with Crippen molar-refractivity contribution >= 4 is 5.78 Å². The number of carbonyl (C=O) groups is 1. The van der Waals surface area contributed by atoms with Gasteiger partial charge in [-0.25, -0.2) is 4.39 Å². The van der Waals surface area contributed by atoms with Crippen molar-refractivity contribution in [2.24, 2.45) is 0 Å². The number of hydrogen-bond donors (Lipinski definition) is 0. The first-order valence-electron chi connectivity index (χ1n) is 5.69. The van der Waals surface area contributed by atoms with E-state index in [0.717, 1.165) is 19.3 Å². The summed E-state index contributed by atoms with van der Waals surface area (Å²) in [5.74, 6) is -0.306. The normalized spacial score (nSPS) is 15.4.